The van der Waals surface area contributed by atoms with Crippen LogP contribution >= 0.6 is 0 Å². The van der Waals surface area contributed by atoms with Gasteiger partial charge < -0.3 is 4.90 Å². The topological polar surface area (TPSA) is 44.2 Å². The molecule has 0 aromatic carbocycles. The van der Waals surface area contributed by atoms with Crippen LogP contribution in [0.3, 0.4) is 0 Å². The quantitative estimate of drug-likeness (QED) is 0.418. The van der Waals surface area contributed by atoms with Crippen molar-refractivity contribution in [2.45, 2.75) is 6.92 Å². The molecule has 0 spiro atoms. The van der Waals surface area contributed by atoms with Gasteiger partial charge in [-0.2, -0.15) is 0 Å². The third-order valence-corrected chi connectivity index (χ3v) is 0.692. The monoisotopic (exact) mass is 114 g/mol. The van der Waals surface area contributed by atoms with E-state index < -0.39 is 0 Å². The van der Waals surface area contributed by atoms with Gasteiger partial charge in [0.25, 0.3) is 0 Å². The highest BCUT2D eigenvalue weighted by atomic mass is 16.1. The first-order chi connectivity index (χ1) is 3.66. The van der Waals surface area contributed by atoms with Gasteiger partial charge in [0.05, 0.1) is 12.9 Å². The molecule has 0 aromatic rings. The molecule has 0 fully saturated rings. The van der Waals surface area contributed by atoms with Gasteiger partial charge in [-0.3, -0.25) is 10.2 Å². The van der Waals surface area contributed by atoms with Crippen LogP contribution in [0.4, 0.5) is 0 Å². The summed E-state index contributed by atoms with van der Waals surface area (Å²) in [5.41, 5.74) is 0. The predicted molar refractivity (Wildman–Crippen MR) is 32.1 cm³/mol. The van der Waals surface area contributed by atoms with Crippen molar-refractivity contribution in [2.24, 2.45) is 0 Å². The van der Waals surface area contributed by atoms with E-state index in [4.69, 9.17) is 5.41 Å². The Morgan fingerprint density at radius 3 is 2.50 bits per heavy atom. The third-order valence-electron chi connectivity index (χ3n) is 0.692. The molecule has 0 radical (unpaired) electrons. The van der Waals surface area contributed by atoms with E-state index in [1.807, 2.05) is 0 Å². The summed E-state index contributed by atoms with van der Waals surface area (Å²) in [6.45, 7) is 1.84. The SMILES string of the molecule is CC(=O)CN(C)C=N. The molecule has 3 nitrogen and oxygen atoms in total. The molecule has 0 saturated heterocycles. The van der Waals surface area contributed by atoms with Crippen LogP contribution in [0.25, 0.3) is 0 Å². The number of nitrogens with one attached hydrogen (secondary N) is 1. The Balaban J connectivity index is 3.38. The number of rotatable bonds is 3. The Bertz CT molecular complexity index is 101. The lowest BCUT2D eigenvalue weighted by Crippen LogP contribution is -2.21. The number of nitrogens with zero attached hydrogens (tertiary/aromatic N) is 1. The third kappa shape index (κ3) is 3.33. The minimum atomic E-state index is 0.0796. The van der Waals surface area contributed by atoms with Gasteiger partial charge in [0.15, 0.2) is 0 Å². The number of likely N-dealkylation sites (N-methyl/N-ethyl adjacent to an activating group) is 1. The number of hydrogen-bond donors (Lipinski definition) is 1. The van der Waals surface area contributed by atoms with Crippen molar-refractivity contribution in [1.29, 1.82) is 5.41 Å². The van der Waals surface area contributed by atoms with Gasteiger partial charge >= 0.3 is 0 Å². The fourth-order valence-electron chi connectivity index (χ4n) is 0.397. The van der Waals surface area contributed by atoms with Crippen LogP contribution in [0.1, 0.15) is 6.92 Å². The molecule has 0 amide bonds. The second kappa shape index (κ2) is 3.18. The summed E-state index contributed by atoms with van der Waals surface area (Å²) in [6.07, 6.45) is 1.13. The van der Waals surface area contributed by atoms with Crippen molar-refractivity contribution in [3.8, 4) is 0 Å². The van der Waals surface area contributed by atoms with E-state index in [0.29, 0.717) is 6.54 Å². The molecular weight excluding hydrogens is 104 g/mol. The van der Waals surface area contributed by atoms with E-state index >= 15 is 0 Å². The Kier molecular flexibility index (Phi) is 2.84. The van der Waals surface area contributed by atoms with Crippen molar-refractivity contribution in [3.05, 3.63) is 0 Å². The fourth-order valence-corrected chi connectivity index (χ4v) is 0.397. The second-order valence-electron chi connectivity index (χ2n) is 1.75. The molecule has 1 N–H and O–H groups in total. The lowest BCUT2D eigenvalue weighted by atomic mass is 10.4. The summed E-state index contributed by atoms with van der Waals surface area (Å²) in [6, 6.07) is 0. The molecule has 0 aliphatic heterocycles. The molecular formula is C5H10N2O. The molecule has 0 aliphatic rings. The van der Waals surface area contributed by atoms with Crippen LogP contribution in [0, 0.1) is 5.41 Å². The van der Waals surface area contributed by atoms with Gasteiger partial charge in [0.1, 0.15) is 5.78 Å². The van der Waals surface area contributed by atoms with Gasteiger partial charge in [-0.15, -0.1) is 0 Å². The van der Waals surface area contributed by atoms with Crippen molar-refractivity contribution < 1.29 is 4.79 Å². The van der Waals surface area contributed by atoms with E-state index in [1.165, 1.54) is 11.8 Å². The maximum Gasteiger partial charge on any atom is 0.149 e. The fraction of sp³-hybridized carbons (Fsp3) is 0.600. The minimum absolute atomic E-state index is 0.0796. The second-order valence-corrected chi connectivity index (χ2v) is 1.75. The largest absolute Gasteiger partial charge is 0.359 e. The molecule has 0 bridgehead atoms. The number of carbonyl (C=O) groups is 1. The highest BCUT2D eigenvalue weighted by Crippen LogP contribution is 1.74. The van der Waals surface area contributed by atoms with Crippen molar-refractivity contribution in [3.63, 3.8) is 0 Å². The predicted octanol–water partition coefficient (Wildman–Crippen LogP) is 0.114. The summed E-state index contributed by atoms with van der Waals surface area (Å²) >= 11 is 0. The molecule has 0 unspecified atom stereocenters. The molecule has 8 heavy (non-hydrogen) atoms. The van der Waals surface area contributed by atoms with E-state index in [0.717, 1.165) is 6.34 Å². The lowest BCUT2D eigenvalue weighted by Gasteiger charge is -2.06. The average molecular weight is 114 g/mol. The molecule has 3 heteroatoms. The number of hydrogen-bond acceptors (Lipinski definition) is 2. The zero-order chi connectivity index (χ0) is 6.57. The van der Waals surface area contributed by atoms with Crippen LogP contribution in [-0.2, 0) is 4.79 Å². The number of carbonyl (C=O) groups excluding carboxylic acids is 1. The Morgan fingerprint density at radius 2 is 2.38 bits per heavy atom. The molecule has 0 aliphatic carbocycles. The molecule has 0 aromatic heterocycles. The van der Waals surface area contributed by atoms with E-state index in [-0.39, 0.29) is 5.78 Å². The Morgan fingerprint density at radius 1 is 1.88 bits per heavy atom. The summed E-state index contributed by atoms with van der Waals surface area (Å²) < 4.78 is 0. The highest BCUT2D eigenvalue weighted by molar-refractivity contribution is 5.79. The van der Waals surface area contributed by atoms with Gasteiger partial charge in [-0.25, -0.2) is 0 Å². The van der Waals surface area contributed by atoms with E-state index in [1.54, 1.807) is 7.05 Å². The summed E-state index contributed by atoms with van der Waals surface area (Å²) in [5.74, 6) is 0.0796. The van der Waals surface area contributed by atoms with Crippen LogP contribution < -0.4 is 0 Å². The molecule has 0 saturated carbocycles. The average Bonchev–Trinajstić information content (AvgIpc) is 1.65. The minimum Gasteiger partial charge on any atom is -0.359 e. The first kappa shape index (κ1) is 7.14. The Hall–Kier alpha value is -0.860. The number of ketones is 1. The molecule has 0 heterocycles. The summed E-state index contributed by atoms with van der Waals surface area (Å²) in [5, 5.41) is 6.65. The van der Waals surface area contributed by atoms with Crippen LogP contribution in [0.2, 0.25) is 0 Å². The molecule has 0 rings (SSSR count). The normalized spacial score (nSPS) is 8.25. The Labute approximate surface area is 48.8 Å². The van der Waals surface area contributed by atoms with Crippen LogP contribution in [0.5, 0.6) is 0 Å². The first-order valence-electron chi connectivity index (χ1n) is 2.37. The summed E-state index contributed by atoms with van der Waals surface area (Å²) in [4.78, 5) is 11.8. The maximum absolute atomic E-state index is 10.3. The van der Waals surface area contributed by atoms with Crippen molar-refractivity contribution in [2.75, 3.05) is 13.6 Å². The first-order valence-corrected chi connectivity index (χ1v) is 2.37. The lowest BCUT2D eigenvalue weighted by molar-refractivity contribution is -0.117. The van der Waals surface area contributed by atoms with Crippen LogP contribution in [0.15, 0.2) is 0 Å². The molecule has 0 atom stereocenters. The zero-order valence-corrected chi connectivity index (χ0v) is 5.14. The summed E-state index contributed by atoms with van der Waals surface area (Å²) in [7, 11) is 1.69. The standard InChI is InChI=1S/C5H10N2O/c1-5(8)3-7(2)4-6/h4,6H,3H2,1-2H3. The van der Waals surface area contributed by atoms with Crippen molar-refractivity contribution >= 4 is 12.1 Å². The highest BCUT2D eigenvalue weighted by Gasteiger charge is 1.93. The van der Waals surface area contributed by atoms with Crippen LogP contribution in [-0.4, -0.2) is 30.6 Å². The van der Waals surface area contributed by atoms with E-state index in [2.05, 4.69) is 0 Å². The van der Waals surface area contributed by atoms with Gasteiger partial charge in [0, 0.05) is 7.05 Å². The maximum atomic E-state index is 10.3. The van der Waals surface area contributed by atoms with E-state index in [9.17, 15) is 4.79 Å². The van der Waals surface area contributed by atoms with Crippen molar-refractivity contribution in [1.82, 2.24) is 4.90 Å². The number of Topliss-reactive ketones (excluding diaryl/α,β-unsaturated/α-hetero) is 1. The zero-order valence-electron chi connectivity index (χ0n) is 5.14. The van der Waals surface area contributed by atoms with Gasteiger partial charge in [0.2, 0.25) is 0 Å². The smallest absolute Gasteiger partial charge is 0.149 e. The van der Waals surface area contributed by atoms with Gasteiger partial charge in [-0.05, 0) is 6.92 Å². The molecule has 46 valence electrons. The van der Waals surface area contributed by atoms with Gasteiger partial charge in [-0.1, -0.05) is 0 Å².